The van der Waals surface area contributed by atoms with Crippen LogP contribution in [0.15, 0.2) is 18.3 Å². The minimum atomic E-state index is -0.443. The van der Waals surface area contributed by atoms with Crippen LogP contribution in [-0.4, -0.2) is 30.0 Å². The van der Waals surface area contributed by atoms with Crippen molar-refractivity contribution in [1.82, 2.24) is 10.3 Å². The van der Waals surface area contributed by atoms with Crippen molar-refractivity contribution in [2.24, 2.45) is 5.73 Å². The maximum Gasteiger partial charge on any atom is 0.236 e. The summed E-state index contributed by atoms with van der Waals surface area (Å²) in [5.74, 6) is 0.743. The van der Waals surface area contributed by atoms with Gasteiger partial charge in [-0.1, -0.05) is 6.07 Å². The van der Waals surface area contributed by atoms with Gasteiger partial charge < -0.3 is 16.4 Å². The molecule has 7 heteroatoms. The number of halogens is 2. The molecule has 0 fully saturated rings. The van der Waals surface area contributed by atoms with Crippen molar-refractivity contribution >= 4 is 36.5 Å². The predicted molar refractivity (Wildman–Crippen MR) is 83.2 cm³/mol. The molecule has 0 saturated carbocycles. The van der Waals surface area contributed by atoms with Crippen molar-refractivity contribution in [2.75, 3.05) is 18.4 Å². The Bertz CT molecular complexity index is 357. The number of nitrogens with one attached hydrogen (secondary N) is 2. The zero-order valence-corrected chi connectivity index (χ0v) is 12.8. The SMILES string of the molecule is Cc1ccc(NCCCNC(=O)C(C)N)nc1.Cl.Cl. The molecule has 0 aliphatic rings. The molecule has 5 nitrogen and oxygen atoms in total. The number of rotatable bonds is 6. The highest BCUT2D eigenvalue weighted by molar-refractivity contribution is 5.85. The topological polar surface area (TPSA) is 80.0 Å². The average molecular weight is 309 g/mol. The van der Waals surface area contributed by atoms with E-state index in [9.17, 15) is 4.79 Å². The molecule has 1 atom stereocenters. The van der Waals surface area contributed by atoms with E-state index in [-0.39, 0.29) is 30.7 Å². The van der Waals surface area contributed by atoms with Crippen LogP contribution in [0.1, 0.15) is 18.9 Å². The first kappa shape index (κ1) is 20.3. The van der Waals surface area contributed by atoms with E-state index < -0.39 is 6.04 Å². The van der Waals surface area contributed by atoms with Gasteiger partial charge >= 0.3 is 0 Å². The van der Waals surface area contributed by atoms with E-state index in [4.69, 9.17) is 5.73 Å². The first-order chi connectivity index (χ1) is 8.09. The van der Waals surface area contributed by atoms with Crippen LogP contribution < -0.4 is 16.4 Å². The van der Waals surface area contributed by atoms with Crippen LogP contribution in [0.25, 0.3) is 0 Å². The van der Waals surface area contributed by atoms with Gasteiger partial charge in [0.25, 0.3) is 0 Å². The Morgan fingerprint density at radius 1 is 1.37 bits per heavy atom. The Hall–Kier alpha value is -1.04. The van der Waals surface area contributed by atoms with Crippen LogP contribution in [-0.2, 0) is 4.79 Å². The average Bonchev–Trinajstić information content (AvgIpc) is 2.30. The van der Waals surface area contributed by atoms with Crippen LogP contribution in [0.4, 0.5) is 5.82 Å². The number of nitrogens with two attached hydrogens (primary N) is 1. The third kappa shape index (κ3) is 8.64. The molecule has 19 heavy (non-hydrogen) atoms. The zero-order valence-electron chi connectivity index (χ0n) is 11.2. The number of hydrogen-bond donors (Lipinski definition) is 3. The number of nitrogens with zero attached hydrogens (tertiary/aromatic N) is 1. The predicted octanol–water partition coefficient (Wildman–Crippen LogP) is 1.50. The Balaban J connectivity index is 0. The smallest absolute Gasteiger partial charge is 0.236 e. The summed E-state index contributed by atoms with van der Waals surface area (Å²) in [7, 11) is 0. The fourth-order valence-electron chi connectivity index (χ4n) is 1.25. The summed E-state index contributed by atoms with van der Waals surface area (Å²) in [5, 5.41) is 5.93. The third-order valence-corrected chi connectivity index (χ3v) is 2.28. The van der Waals surface area contributed by atoms with Crippen LogP contribution in [0.3, 0.4) is 0 Å². The second-order valence-corrected chi connectivity index (χ2v) is 4.08. The highest BCUT2D eigenvalue weighted by Crippen LogP contribution is 2.03. The van der Waals surface area contributed by atoms with Crippen LogP contribution >= 0.6 is 24.8 Å². The lowest BCUT2D eigenvalue weighted by molar-refractivity contribution is -0.121. The van der Waals surface area contributed by atoms with Gasteiger partial charge in [0.2, 0.25) is 5.91 Å². The molecule has 1 aromatic heterocycles. The van der Waals surface area contributed by atoms with Crippen LogP contribution in [0.5, 0.6) is 0 Å². The lowest BCUT2D eigenvalue weighted by atomic mass is 10.3. The third-order valence-electron chi connectivity index (χ3n) is 2.28. The van der Waals surface area contributed by atoms with Crippen molar-refractivity contribution in [1.29, 1.82) is 0 Å². The minimum Gasteiger partial charge on any atom is -0.370 e. The molecule has 0 radical (unpaired) electrons. The van der Waals surface area contributed by atoms with Crippen LogP contribution in [0, 0.1) is 6.92 Å². The van der Waals surface area contributed by atoms with Crippen molar-refractivity contribution in [3.05, 3.63) is 23.9 Å². The maximum absolute atomic E-state index is 11.1. The standard InChI is InChI=1S/C12H20N4O.2ClH/c1-9-4-5-11(16-8-9)14-6-3-7-15-12(17)10(2)13;;/h4-5,8,10H,3,6-7,13H2,1-2H3,(H,14,16)(H,15,17);2*1H. The maximum atomic E-state index is 11.1. The molecule has 0 spiro atoms. The summed E-state index contributed by atoms with van der Waals surface area (Å²) in [6, 6.07) is 3.50. The molecule has 0 saturated heterocycles. The molecule has 0 aliphatic heterocycles. The fraction of sp³-hybridized carbons (Fsp3) is 0.500. The van der Waals surface area contributed by atoms with E-state index in [0.29, 0.717) is 6.54 Å². The molecule has 1 amide bonds. The highest BCUT2D eigenvalue weighted by atomic mass is 35.5. The highest BCUT2D eigenvalue weighted by Gasteiger charge is 2.04. The van der Waals surface area contributed by atoms with Gasteiger partial charge in [0.1, 0.15) is 5.82 Å². The molecule has 0 aromatic carbocycles. The summed E-state index contributed by atoms with van der Waals surface area (Å²) in [4.78, 5) is 15.4. The van der Waals surface area contributed by atoms with E-state index in [1.165, 1.54) is 0 Å². The number of amides is 1. The molecule has 1 aromatic rings. The number of pyridine rings is 1. The van der Waals surface area contributed by atoms with Gasteiger partial charge in [0.05, 0.1) is 6.04 Å². The van der Waals surface area contributed by atoms with Gasteiger partial charge in [-0.3, -0.25) is 4.79 Å². The van der Waals surface area contributed by atoms with Crippen molar-refractivity contribution in [3.8, 4) is 0 Å². The lowest BCUT2D eigenvalue weighted by Crippen LogP contribution is -2.39. The number of aryl methyl sites for hydroxylation is 1. The summed E-state index contributed by atoms with van der Waals surface area (Å²) in [6.45, 7) is 5.07. The largest absolute Gasteiger partial charge is 0.370 e. The lowest BCUT2D eigenvalue weighted by Gasteiger charge is -2.08. The molecule has 1 unspecified atom stereocenters. The van der Waals surface area contributed by atoms with Gasteiger partial charge in [-0.25, -0.2) is 4.98 Å². The monoisotopic (exact) mass is 308 g/mol. The van der Waals surface area contributed by atoms with Crippen molar-refractivity contribution < 1.29 is 4.79 Å². The fourth-order valence-corrected chi connectivity index (χ4v) is 1.25. The Kier molecular flexibility index (Phi) is 11.6. The molecule has 1 rings (SSSR count). The number of hydrogen-bond acceptors (Lipinski definition) is 4. The summed E-state index contributed by atoms with van der Waals surface area (Å²) in [5.41, 5.74) is 6.56. The van der Waals surface area contributed by atoms with Crippen LogP contribution in [0.2, 0.25) is 0 Å². The number of anilines is 1. The van der Waals surface area contributed by atoms with E-state index in [1.807, 2.05) is 25.3 Å². The first-order valence-corrected chi connectivity index (χ1v) is 5.79. The van der Waals surface area contributed by atoms with Gasteiger partial charge in [0, 0.05) is 19.3 Å². The Labute approximate surface area is 126 Å². The molecule has 0 aliphatic carbocycles. The molecule has 4 N–H and O–H groups in total. The number of carbonyl (C=O) groups excluding carboxylic acids is 1. The summed E-state index contributed by atoms with van der Waals surface area (Å²) < 4.78 is 0. The normalized spacial score (nSPS) is 10.7. The Morgan fingerprint density at radius 2 is 2.05 bits per heavy atom. The molecule has 110 valence electrons. The van der Waals surface area contributed by atoms with E-state index >= 15 is 0 Å². The van der Waals surface area contributed by atoms with E-state index in [0.717, 1.165) is 24.3 Å². The van der Waals surface area contributed by atoms with E-state index in [1.54, 1.807) is 6.92 Å². The molecule has 0 bridgehead atoms. The second-order valence-electron chi connectivity index (χ2n) is 4.08. The first-order valence-electron chi connectivity index (χ1n) is 5.79. The summed E-state index contributed by atoms with van der Waals surface area (Å²) in [6.07, 6.45) is 2.66. The molecular weight excluding hydrogens is 287 g/mol. The molecule has 1 heterocycles. The number of aromatic nitrogens is 1. The quantitative estimate of drug-likeness (QED) is 0.696. The van der Waals surface area contributed by atoms with Gasteiger partial charge in [-0.15, -0.1) is 24.8 Å². The van der Waals surface area contributed by atoms with Crippen molar-refractivity contribution in [2.45, 2.75) is 26.3 Å². The van der Waals surface area contributed by atoms with E-state index in [2.05, 4.69) is 15.6 Å². The minimum absolute atomic E-state index is 0. The van der Waals surface area contributed by atoms with Gasteiger partial charge in [-0.2, -0.15) is 0 Å². The van der Waals surface area contributed by atoms with Gasteiger partial charge in [-0.05, 0) is 31.9 Å². The van der Waals surface area contributed by atoms with Gasteiger partial charge in [0.15, 0.2) is 0 Å². The zero-order chi connectivity index (χ0) is 12.7. The Morgan fingerprint density at radius 3 is 2.58 bits per heavy atom. The second kappa shape index (κ2) is 10.8. The number of carbonyl (C=O) groups is 1. The summed E-state index contributed by atoms with van der Waals surface area (Å²) >= 11 is 0. The van der Waals surface area contributed by atoms with Crippen molar-refractivity contribution in [3.63, 3.8) is 0 Å². The molecular formula is C12H22Cl2N4O.